The molecule has 1 fully saturated rings. The molecule has 1 rings (SSSR count). The molecule has 2 atom stereocenters. The highest BCUT2D eigenvalue weighted by molar-refractivity contribution is 5.75. The summed E-state index contributed by atoms with van der Waals surface area (Å²) >= 11 is 0. The molecule has 2 unspecified atom stereocenters. The fourth-order valence-corrected chi connectivity index (χ4v) is 2.71. The largest absolute Gasteiger partial charge is 0.481 e. The van der Waals surface area contributed by atoms with E-state index in [2.05, 4.69) is 13.8 Å². The fourth-order valence-electron chi connectivity index (χ4n) is 2.71. The minimum atomic E-state index is -0.806. The highest BCUT2D eigenvalue weighted by Gasteiger charge is 2.33. The van der Waals surface area contributed by atoms with Gasteiger partial charge in [0, 0.05) is 31.6 Å². The van der Waals surface area contributed by atoms with Gasteiger partial charge < -0.3 is 14.9 Å². The number of carbonyl (C=O) groups is 2. The molecule has 0 spiro atoms. The molecule has 1 aliphatic heterocycles. The highest BCUT2D eigenvalue weighted by atomic mass is 16.4. The van der Waals surface area contributed by atoms with Crippen molar-refractivity contribution in [1.82, 2.24) is 9.80 Å². The second-order valence-corrected chi connectivity index (χ2v) is 5.91. The third kappa shape index (κ3) is 4.40. The Labute approximate surface area is 115 Å². The molecular weight excluding hydrogens is 244 g/mol. The van der Waals surface area contributed by atoms with E-state index in [0.717, 1.165) is 13.0 Å². The van der Waals surface area contributed by atoms with E-state index in [1.54, 1.807) is 4.90 Å². The third-order valence-corrected chi connectivity index (χ3v) is 3.69. The summed E-state index contributed by atoms with van der Waals surface area (Å²) in [6, 6.07) is 0.435. The number of nitrogens with zero attached hydrogens (tertiary/aromatic N) is 2. The minimum Gasteiger partial charge on any atom is -0.481 e. The van der Waals surface area contributed by atoms with E-state index in [-0.39, 0.29) is 24.5 Å². The number of rotatable bonds is 5. The lowest BCUT2D eigenvalue weighted by Gasteiger charge is -2.33. The van der Waals surface area contributed by atoms with Crippen LogP contribution < -0.4 is 0 Å². The quantitative estimate of drug-likeness (QED) is 0.834. The van der Waals surface area contributed by atoms with Crippen LogP contribution >= 0.6 is 0 Å². The Balaban J connectivity index is 2.60. The Morgan fingerprint density at radius 3 is 2.42 bits per heavy atom. The Bertz CT molecular complexity index is 331. The van der Waals surface area contributed by atoms with Crippen molar-refractivity contribution in [2.24, 2.45) is 5.92 Å². The Morgan fingerprint density at radius 1 is 1.37 bits per heavy atom. The summed E-state index contributed by atoms with van der Waals surface area (Å²) in [5.74, 6) is -0.258. The van der Waals surface area contributed by atoms with Crippen LogP contribution in [0.25, 0.3) is 0 Å². The van der Waals surface area contributed by atoms with Crippen molar-refractivity contribution in [1.29, 1.82) is 0 Å². The van der Waals surface area contributed by atoms with Crippen LogP contribution in [-0.2, 0) is 4.79 Å². The number of urea groups is 1. The van der Waals surface area contributed by atoms with Gasteiger partial charge in [0.2, 0.25) is 0 Å². The third-order valence-electron chi connectivity index (χ3n) is 3.69. The number of hydrogen-bond donors (Lipinski definition) is 1. The van der Waals surface area contributed by atoms with Crippen molar-refractivity contribution in [2.45, 2.75) is 59.0 Å². The van der Waals surface area contributed by atoms with Crippen LogP contribution in [0.2, 0.25) is 0 Å². The first-order chi connectivity index (χ1) is 8.82. The lowest BCUT2D eigenvalue weighted by Crippen LogP contribution is -2.48. The summed E-state index contributed by atoms with van der Waals surface area (Å²) in [6.07, 6.45) is 1.67. The number of hydrogen-bond acceptors (Lipinski definition) is 2. The van der Waals surface area contributed by atoms with Gasteiger partial charge in [-0.3, -0.25) is 4.79 Å². The average Bonchev–Trinajstić information content (AvgIpc) is 2.62. The first-order valence-electron chi connectivity index (χ1n) is 7.12. The number of aliphatic carboxylic acids is 1. The van der Waals surface area contributed by atoms with Gasteiger partial charge in [-0.2, -0.15) is 0 Å². The van der Waals surface area contributed by atoms with Gasteiger partial charge >= 0.3 is 12.0 Å². The number of likely N-dealkylation sites (tertiary alicyclic amines) is 1. The first-order valence-corrected chi connectivity index (χ1v) is 7.12. The van der Waals surface area contributed by atoms with Gasteiger partial charge in [0.1, 0.15) is 0 Å². The van der Waals surface area contributed by atoms with Crippen LogP contribution in [0.1, 0.15) is 47.0 Å². The molecule has 0 bridgehead atoms. The number of carboxylic acids is 1. The number of amides is 2. The van der Waals surface area contributed by atoms with Crippen molar-refractivity contribution in [2.75, 3.05) is 13.1 Å². The predicted octanol–water partition coefficient (Wildman–Crippen LogP) is 2.41. The van der Waals surface area contributed by atoms with Crippen LogP contribution in [-0.4, -0.2) is 52.1 Å². The lowest BCUT2D eigenvalue weighted by atomic mass is 10.1. The Kier molecular flexibility index (Phi) is 5.63. The zero-order valence-corrected chi connectivity index (χ0v) is 12.4. The molecule has 1 N–H and O–H groups in total. The average molecular weight is 270 g/mol. The summed E-state index contributed by atoms with van der Waals surface area (Å²) in [5, 5.41) is 8.68. The normalized spacial score (nSPS) is 22.9. The van der Waals surface area contributed by atoms with Gasteiger partial charge in [0.15, 0.2) is 0 Å². The van der Waals surface area contributed by atoms with Crippen LogP contribution in [0.15, 0.2) is 0 Å². The minimum absolute atomic E-state index is 0.0530. The molecule has 5 heteroatoms. The Morgan fingerprint density at radius 2 is 2.00 bits per heavy atom. The molecule has 5 nitrogen and oxygen atoms in total. The van der Waals surface area contributed by atoms with Crippen LogP contribution in [0.4, 0.5) is 4.79 Å². The maximum Gasteiger partial charge on any atom is 0.320 e. The molecule has 1 saturated heterocycles. The second kappa shape index (κ2) is 6.78. The summed E-state index contributed by atoms with van der Waals surface area (Å²) in [7, 11) is 0. The van der Waals surface area contributed by atoms with E-state index < -0.39 is 5.97 Å². The van der Waals surface area contributed by atoms with Crippen molar-refractivity contribution in [3.8, 4) is 0 Å². The van der Waals surface area contributed by atoms with Gasteiger partial charge in [-0.25, -0.2) is 4.79 Å². The summed E-state index contributed by atoms with van der Waals surface area (Å²) in [5.41, 5.74) is 0. The lowest BCUT2D eigenvalue weighted by molar-refractivity contribution is -0.137. The van der Waals surface area contributed by atoms with Crippen molar-refractivity contribution < 1.29 is 14.7 Å². The van der Waals surface area contributed by atoms with Crippen molar-refractivity contribution in [3.63, 3.8) is 0 Å². The van der Waals surface area contributed by atoms with Gasteiger partial charge in [0.05, 0.1) is 0 Å². The van der Waals surface area contributed by atoms with E-state index in [0.29, 0.717) is 18.9 Å². The van der Waals surface area contributed by atoms with E-state index in [9.17, 15) is 9.59 Å². The van der Waals surface area contributed by atoms with Gasteiger partial charge in [-0.15, -0.1) is 0 Å². The summed E-state index contributed by atoms with van der Waals surface area (Å²) in [4.78, 5) is 26.8. The number of carbonyl (C=O) groups excluding carboxylic acids is 1. The molecular formula is C14H26N2O3. The molecule has 0 radical (unpaired) electrons. The van der Waals surface area contributed by atoms with E-state index >= 15 is 0 Å². The standard InChI is InChI=1S/C14H26N2O3/c1-10(2)15(7-5-6-13(17)18)14(19)16-9-11(3)8-12(16)4/h10-12H,5-9H2,1-4H3,(H,17,18). The second-order valence-electron chi connectivity index (χ2n) is 5.91. The summed E-state index contributed by atoms with van der Waals surface area (Å²) < 4.78 is 0. The SMILES string of the molecule is CC1CC(C)N(C(=O)N(CCCC(=O)O)C(C)C)C1. The zero-order valence-electron chi connectivity index (χ0n) is 12.4. The molecule has 0 aromatic carbocycles. The molecule has 2 amide bonds. The molecule has 0 aromatic heterocycles. The number of carboxylic acid groups (broad SMARTS) is 1. The monoisotopic (exact) mass is 270 g/mol. The van der Waals surface area contributed by atoms with Gasteiger partial charge in [-0.1, -0.05) is 6.92 Å². The Hall–Kier alpha value is -1.26. The maximum absolute atomic E-state index is 12.5. The molecule has 110 valence electrons. The van der Waals surface area contributed by atoms with Crippen LogP contribution in [0.3, 0.4) is 0 Å². The van der Waals surface area contributed by atoms with Crippen molar-refractivity contribution in [3.05, 3.63) is 0 Å². The molecule has 1 aliphatic rings. The van der Waals surface area contributed by atoms with E-state index in [1.807, 2.05) is 18.7 Å². The molecule has 19 heavy (non-hydrogen) atoms. The summed E-state index contributed by atoms with van der Waals surface area (Å²) in [6.45, 7) is 9.51. The van der Waals surface area contributed by atoms with E-state index in [4.69, 9.17) is 5.11 Å². The van der Waals surface area contributed by atoms with E-state index in [1.165, 1.54) is 0 Å². The fraction of sp³-hybridized carbons (Fsp3) is 0.857. The maximum atomic E-state index is 12.5. The molecule has 0 aliphatic carbocycles. The van der Waals surface area contributed by atoms with Crippen LogP contribution in [0.5, 0.6) is 0 Å². The van der Waals surface area contributed by atoms with Gasteiger partial charge in [-0.05, 0) is 39.5 Å². The molecule has 0 aromatic rings. The van der Waals surface area contributed by atoms with Crippen LogP contribution in [0, 0.1) is 5.92 Å². The predicted molar refractivity (Wildman–Crippen MR) is 74.1 cm³/mol. The first kappa shape index (κ1) is 15.8. The molecule has 0 saturated carbocycles. The van der Waals surface area contributed by atoms with Gasteiger partial charge in [0.25, 0.3) is 0 Å². The molecule has 1 heterocycles. The van der Waals surface area contributed by atoms with Crippen molar-refractivity contribution >= 4 is 12.0 Å². The highest BCUT2D eigenvalue weighted by Crippen LogP contribution is 2.24. The zero-order chi connectivity index (χ0) is 14.6. The topological polar surface area (TPSA) is 60.9 Å². The smallest absolute Gasteiger partial charge is 0.320 e.